The molecular weight excluding hydrogens is 236 g/mol. The average Bonchev–Trinajstić information content (AvgIpc) is 2.47. The van der Waals surface area contributed by atoms with Gasteiger partial charge in [0, 0.05) is 29.2 Å². The number of nitrogen functional groups attached to an aromatic ring is 1. The number of pyridine rings is 1. The predicted molar refractivity (Wildman–Crippen MR) is 76.0 cm³/mol. The lowest BCUT2D eigenvalue weighted by atomic mass is 9.99. The average molecular weight is 248 g/mol. The molecule has 3 aromatic rings. The van der Waals surface area contributed by atoms with Crippen LogP contribution in [0.15, 0.2) is 60.9 Å². The molecule has 0 aliphatic rings. The predicted octanol–water partition coefficient (Wildman–Crippen LogP) is 3.05. The summed E-state index contributed by atoms with van der Waals surface area (Å²) in [5.74, 6) is -0.101. The molecule has 19 heavy (non-hydrogen) atoms. The topological polar surface area (TPSA) is 56.0 Å². The van der Waals surface area contributed by atoms with Gasteiger partial charge in [-0.3, -0.25) is 9.78 Å². The SMILES string of the molecule is Nc1cc2ccccc2cc1C(=O)c1cccnc1. The molecule has 2 N–H and O–H groups in total. The molecule has 3 rings (SSSR count). The van der Waals surface area contributed by atoms with Crippen molar-refractivity contribution >= 4 is 22.2 Å². The molecule has 0 bridgehead atoms. The summed E-state index contributed by atoms with van der Waals surface area (Å²) in [6.45, 7) is 0. The second-order valence-corrected chi connectivity index (χ2v) is 4.36. The second kappa shape index (κ2) is 4.53. The summed E-state index contributed by atoms with van der Waals surface area (Å²) in [7, 11) is 0. The van der Waals surface area contributed by atoms with Gasteiger partial charge in [0.15, 0.2) is 5.78 Å². The molecule has 0 saturated carbocycles. The fraction of sp³-hybridized carbons (Fsp3) is 0. The minimum Gasteiger partial charge on any atom is -0.398 e. The fourth-order valence-electron chi connectivity index (χ4n) is 2.11. The van der Waals surface area contributed by atoms with E-state index in [4.69, 9.17) is 5.73 Å². The number of nitrogens with zero attached hydrogens (tertiary/aromatic N) is 1. The van der Waals surface area contributed by atoms with Gasteiger partial charge in [0.05, 0.1) is 0 Å². The molecule has 1 heterocycles. The van der Waals surface area contributed by atoms with E-state index in [-0.39, 0.29) is 5.78 Å². The molecule has 0 amide bonds. The summed E-state index contributed by atoms with van der Waals surface area (Å²) in [5.41, 5.74) is 7.54. The van der Waals surface area contributed by atoms with Gasteiger partial charge in [0.1, 0.15) is 0 Å². The highest BCUT2D eigenvalue weighted by molar-refractivity contribution is 6.14. The van der Waals surface area contributed by atoms with Crippen LogP contribution in [0.2, 0.25) is 0 Å². The van der Waals surface area contributed by atoms with E-state index in [2.05, 4.69) is 4.98 Å². The standard InChI is InChI=1S/C16H12N2O/c17-15-9-12-5-2-1-4-11(12)8-14(15)16(19)13-6-3-7-18-10-13/h1-10H,17H2. The van der Waals surface area contributed by atoms with Gasteiger partial charge >= 0.3 is 0 Å². The van der Waals surface area contributed by atoms with Crippen LogP contribution in [0.3, 0.4) is 0 Å². The molecule has 3 heteroatoms. The molecule has 0 spiro atoms. The molecule has 0 aliphatic heterocycles. The summed E-state index contributed by atoms with van der Waals surface area (Å²) in [4.78, 5) is 16.4. The molecule has 0 unspecified atom stereocenters. The van der Waals surface area contributed by atoms with E-state index >= 15 is 0 Å². The van der Waals surface area contributed by atoms with Crippen molar-refractivity contribution in [3.05, 3.63) is 72.1 Å². The monoisotopic (exact) mass is 248 g/mol. The van der Waals surface area contributed by atoms with Crippen molar-refractivity contribution in [3.8, 4) is 0 Å². The number of anilines is 1. The third-order valence-electron chi connectivity index (χ3n) is 3.09. The molecule has 0 fully saturated rings. The number of hydrogen-bond acceptors (Lipinski definition) is 3. The molecule has 0 radical (unpaired) electrons. The summed E-state index contributed by atoms with van der Waals surface area (Å²) >= 11 is 0. The largest absolute Gasteiger partial charge is 0.398 e. The highest BCUT2D eigenvalue weighted by Gasteiger charge is 2.13. The third kappa shape index (κ3) is 2.06. The number of nitrogens with two attached hydrogens (primary N) is 1. The Bertz CT molecular complexity index is 751. The van der Waals surface area contributed by atoms with Crippen LogP contribution in [0, 0.1) is 0 Å². The Morgan fingerprint density at radius 3 is 2.42 bits per heavy atom. The van der Waals surface area contributed by atoms with E-state index in [1.165, 1.54) is 0 Å². The lowest BCUT2D eigenvalue weighted by molar-refractivity contribution is 0.103. The fourth-order valence-corrected chi connectivity index (χ4v) is 2.11. The lowest BCUT2D eigenvalue weighted by Crippen LogP contribution is -2.05. The van der Waals surface area contributed by atoms with E-state index in [1.54, 1.807) is 24.5 Å². The van der Waals surface area contributed by atoms with Gasteiger partial charge in [-0.15, -0.1) is 0 Å². The second-order valence-electron chi connectivity index (χ2n) is 4.36. The van der Waals surface area contributed by atoms with Crippen molar-refractivity contribution in [3.63, 3.8) is 0 Å². The molecule has 92 valence electrons. The van der Waals surface area contributed by atoms with Gasteiger partial charge in [-0.05, 0) is 35.0 Å². The zero-order valence-corrected chi connectivity index (χ0v) is 10.2. The molecule has 0 saturated heterocycles. The maximum absolute atomic E-state index is 12.4. The van der Waals surface area contributed by atoms with Gasteiger partial charge in [-0.25, -0.2) is 0 Å². The van der Waals surface area contributed by atoms with Crippen molar-refractivity contribution < 1.29 is 4.79 Å². The summed E-state index contributed by atoms with van der Waals surface area (Å²) in [6.07, 6.45) is 3.19. The highest BCUT2D eigenvalue weighted by Crippen LogP contribution is 2.23. The first-order chi connectivity index (χ1) is 9.25. The number of fused-ring (bicyclic) bond motifs is 1. The normalized spacial score (nSPS) is 10.5. The molecule has 1 aromatic heterocycles. The van der Waals surface area contributed by atoms with Crippen LogP contribution in [-0.2, 0) is 0 Å². The van der Waals surface area contributed by atoms with Gasteiger partial charge < -0.3 is 5.73 Å². The Kier molecular flexibility index (Phi) is 2.72. The van der Waals surface area contributed by atoms with Gasteiger partial charge in [0.2, 0.25) is 0 Å². The smallest absolute Gasteiger partial charge is 0.196 e. The number of ketones is 1. The minimum atomic E-state index is -0.101. The maximum Gasteiger partial charge on any atom is 0.196 e. The van der Waals surface area contributed by atoms with Crippen LogP contribution in [0.1, 0.15) is 15.9 Å². The maximum atomic E-state index is 12.4. The van der Waals surface area contributed by atoms with Gasteiger partial charge in [-0.2, -0.15) is 0 Å². The van der Waals surface area contributed by atoms with E-state index in [9.17, 15) is 4.79 Å². The van der Waals surface area contributed by atoms with E-state index < -0.39 is 0 Å². The Morgan fingerprint density at radius 2 is 1.74 bits per heavy atom. The van der Waals surface area contributed by atoms with Crippen LogP contribution in [0.5, 0.6) is 0 Å². The third-order valence-corrected chi connectivity index (χ3v) is 3.09. The first-order valence-corrected chi connectivity index (χ1v) is 5.99. The molecule has 0 aliphatic carbocycles. The van der Waals surface area contributed by atoms with Crippen LogP contribution in [0.4, 0.5) is 5.69 Å². The number of rotatable bonds is 2. The van der Waals surface area contributed by atoms with Crippen LogP contribution >= 0.6 is 0 Å². The van der Waals surface area contributed by atoms with Crippen LogP contribution in [0.25, 0.3) is 10.8 Å². The molecular formula is C16H12N2O. The van der Waals surface area contributed by atoms with Crippen LogP contribution < -0.4 is 5.73 Å². The van der Waals surface area contributed by atoms with Gasteiger partial charge in [0.25, 0.3) is 0 Å². The summed E-state index contributed by atoms with van der Waals surface area (Å²) < 4.78 is 0. The van der Waals surface area contributed by atoms with E-state index in [0.717, 1.165) is 10.8 Å². The number of benzene rings is 2. The summed E-state index contributed by atoms with van der Waals surface area (Å²) in [5, 5.41) is 2.03. The molecule has 3 nitrogen and oxygen atoms in total. The Morgan fingerprint density at radius 1 is 1.00 bits per heavy atom. The number of hydrogen-bond donors (Lipinski definition) is 1. The van der Waals surface area contributed by atoms with Crippen molar-refractivity contribution in [2.45, 2.75) is 0 Å². The quantitative estimate of drug-likeness (QED) is 0.560. The van der Waals surface area contributed by atoms with Crippen molar-refractivity contribution in [2.75, 3.05) is 5.73 Å². The Hall–Kier alpha value is -2.68. The number of carbonyl (C=O) groups is 1. The number of aromatic nitrogens is 1. The minimum absolute atomic E-state index is 0.101. The first-order valence-electron chi connectivity index (χ1n) is 5.99. The van der Waals surface area contributed by atoms with Crippen molar-refractivity contribution in [1.29, 1.82) is 0 Å². The molecule has 2 aromatic carbocycles. The van der Waals surface area contributed by atoms with E-state index in [0.29, 0.717) is 16.8 Å². The van der Waals surface area contributed by atoms with Crippen molar-refractivity contribution in [1.82, 2.24) is 4.98 Å². The van der Waals surface area contributed by atoms with Gasteiger partial charge in [-0.1, -0.05) is 24.3 Å². The Labute approximate surface area is 110 Å². The number of carbonyl (C=O) groups excluding carboxylic acids is 1. The first kappa shape index (κ1) is 11.4. The van der Waals surface area contributed by atoms with Crippen LogP contribution in [-0.4, -0.2) is 10.8 Å². The summed E-state index contributed by atoms with van der Waals surface area (Å²) in [6, 6.07) is 15.0. The zero-order valence-electron chi connectivity index (χ0n) is 10.2. The Balaban J connectivity index is 2.15. The van der Waals surface area contributed by atoms with Crippen molar-refractivity contribution in [2.24, 2.45) is 0 Å². The van der Waals surface area contributed by atoms with E-state index in [1.807, 2.05) is 36.4 Å². The zero-order chi connectivity index (χ0) is 13.2. The highest BCUT2D eigenvalue weighted by atomic mass is 16.1. The molecule has 0 atom stereocenters. The lowest BCUT2D eigenvalue weighted by Gasteiger charge is -2.07.